The van der Waals surface area contributed by atoms with Crippen LogP contribution in [0.1, 0.15) is 35.4 Å². The van der Waals surface area contributed by atoms with Gasteiger partial charge < -0.3 is 5.11 Å². The van der Waals surface area contributed by atoms with Crippen molar-refractivity contribution in [1.82, 2.24) is 5.01 Å². The van der Waals surface area contributed by atoms with Crippen LogP contribution in [0.4, 0.5) is 11.4 Å². The number of nitrogens with one attached hydrogen (secondary N) is 1. The van der Waals surface area contributed by atoms with Crippen LogP contribution in [0.5, 0.6) is 5.75 Å². The van der Waals surface area contributed by atoms with Gasteiger partial charge in [0.1, 0.15) is 5.75 Å². The highest BCUT2D eigenvalue weighted by Gasteiger charge is 2.70. The number of hydrogen-bond donors (Lipinski definition) is 2. The zero-order valence-electron chi connectivity index (χ0n) is 26.0. The van der Waals surface area contributed by atoms with E-state index in [1.807, 2.05) is 67.6 Å². The molecule has 2 N–H and O–H groups in total. The van der Waals surface area contributed by atoms with Gasteiger partial charge in [-0.3, -0.25) is 29.5 Å². The molecule has 0 unspecified atom stereocenters. The molecule has 2 heterocycles. The lowest BCUT2D eigenvalue weighted by Gasteiger charge is -2.50. The number of fused-ring (bicyclic) bond motifs is 4. The monoisotopic (exact) mass is 701 g/mol. The molecule has 4 aromatic rings. The number of carbonyl (C=O) groups is 4. The summed E-state index contributed by atoms with van der Waals surface area (Å²) in [7, 11) is 0. The number of hydrogen-bond acceptors (Lipinski definition) is 6. The van der Waals surface area contributed by atoms with Crippen molar-refractivity contribution in [3.05, 3.63) is 136 Å². The summed E-state index contributed by atoms with van der Waals surface area (Å²) in [5.74, 6) is -4.42. The third-order valence-electron chi connectivity index (χ3n) is 10.7. The summed E-state index contributed by atoms with van der Waals surface area (Å²) in [6.45, 7) is 1.97. The Kier molecular flexibility index (Phi) is 7.14. The molecular formula is C39H32BrN3O5. The maximum Gasteiger partial charge on any atom is 0.260 e. The minimum absolute atomic E-state index is 0.0762. The molecule has 3 fully saturated rings. The van der Waals surface area contributed by atoms with E-state index in [1.54, 1.807) is 48.5 Å². The number of benzene rings is 4. The van der Waals surface area contributed by atoms with Crippen LogP contribution < -0.4 is 10.3 Å². The highest BCUT2D eigenvalue weighted by molar-refractivity contribution is 9.10. The number of aryl methyl sites for hydroxylation is 1. The second kappa shape index (κ2) is 11.3. The molecule has 0 bridgehead atoms. The van der Waals surface area contributed by atoms with Gasteiger partial charge in [0.25, 0.3) is 11.8 Å². The van der Waals surface area contributed by atoms with Crippen LogP contribution in [0.3, 0.4) is 0 Å². The van der Waals surface area contributed by atoms with Crippen LogP contribution >= 0.6 is 15.9 Å². The fraction of sp³-hybridized carbons (Fsp3) is 0.231. The third-order valence-corrected chi connectivity index (χ3v) is 11.2. The summed E-state index contributed by atoms with van der Waals surface area (Å²) in [6, 6.07) is 30.7. The molecule has 0 spiro atoms. The minimum atomic E-state index is -1.35. The maximum absolute atomic E-state index is 15.1. The molecule has 1 saturated carbocycles. The number of anilines is 2. The van der Waals surface area contributed by atoms with Gasteiger partial charge in [-0.15, -0.1) is 0 Å². The van der Waals surface area contributed by atoms with Crippen molar-refractivity contribution in [1.29, 1.82) is 0 Å². The van der Waals surface area contributed by atoms with Gasteiger partial charge in [0.05, 0.1) is 34.5 Å². The Labute approximate surface area is 286 Å². The van der Waals surface area contributed by atoms with E-state index in [1.165, 1.54) is 4.90 Å². The van der Waals surface area contributed by atoms with Gasteiger partial charge >= 0.3 is 0 Å². The second-order valence-corrected chi connectivity index (χ2v) is 14.1. The summed E-state index contributed by atoms with van der Waals surface area (Å²) < 4.78 is 0.834. The predicted molar refractivity (Wildman–Crippen MR) is 184 cm³/mol. The number of halogens is 1. The number of carbonyl (C=O) groups excluding carboxylic acids is 4. The van der Waals surface area contributed by atoms with Gasteiger partial charge in [-0.2, -0.15) is 5.01 Å². The van der Waals surface area contributed by atoms with Gasteiger partial charge in [-0.25, -0.2) is 0 Å². The Morgan fingerprint density at radius 2 is 1.48 bits per heavy atom. The number of phenols is 1. The Morgan fingerprint density at radius 3 is 2.17 bits per heavy atom. The Bertz CT molecular complexity index is 1990. The fourth-order valence-electron chi connectivity index (χ4n) is 8.63. The van der Waals surface area contributed by atoms with Gasteiger partial charge in [-0.05, 0) is 85.3 Å². The summed E-state index contributed by atoms with van der Waals surface area (Å²) in [4.78, 5) is 59.3. The smallest absolute Gasteiger partial charge is 0.260 e. The standard InChI is InChI=1S/C39H32BrN3O5/c1-22-7-13-26(14-8-22)41-43-36(46)32-21-31-29(19-20-30-33(31)37(47)42(35(30)45)27-15-11-25(40)12-16-27)34(23-9-17-28(44)18-10-23)39(32,38(43)48)24-5-3-2-4-6-24/h2-19,30-34,41,44H,20-21H2,1H3/t30-,31+,32-,33-,34-,39+/m0/s1. The van der Waals surface area contributed by atoms with Crippen molar-refractivity contribution in [2.45, 2.75) is 31.1 Å². The molecule has 6 atom stereocenters. The van der Waals surface area contributed by atoms with Crippen LogP contribution in [0.25, 0.3) is 0 Å². The zero-order valence-corrected chi connectivity index (χ0v) is 27.6. The fourth-order valence-corrected chi connectivity index (χ4v) is 8.90. The molecule has 8 rings (SSSR count). The summed E-state index contributed by atoms with van der Waals surface area (Å²) in [5, 5.41) is 11.4. The van der Waals surface area contributed by atoms with E-state index in [-0.39, 0.29) is 35.8 Å². The third kappa shape index (κ3) is 4.40. The Morgan fingerprint density at radius 1 is 0.792 bits per heavy atom. The number of hydrazine groups is 1. The molecule has 4 aliphatic rings. The summed E-state index contributed by atoms with van der Waals surface area (Å²) in [6.07, 6.45) is 2.60. The minimum Gasteiger partial charge on any atom is -0.508 e. The molecule has 2 aliphatic carbocycles. The molecular weight excluding hydrogens is 670 g/mol. The molecule has 8 nitrogen and oxygen atoms in total. The van der Waals surface area contributed by atoms with Gasteiger partial charge in [0.15, 0.2) is 0 Å². The lowest BCUT2D eigenvalue weighted by Crippen LogP contribution is -2.53. The van der Waals surface area contributed by atoms with Crippen molar-refractivity contribution in [2.75, 3.05) is 10.3 Å². The number of imide groups is 2. The van der Waals surface area contributed by atoms with Crippen LogP contribution in [-0.4, -0.2) is 33.7 Å². The first-order valence-electron chi connectivity index (χ1n) is 16.1. The predicted octanol–water partition coefficient (Wildman–Crippen LogP) is 6.65. The lowest BCUT2D eigenvalue weighted by molar-refractivity contribution is -0.138. The average Bonchev–Trinajstić information content (AvgIpc) is 3.48. The van der Waals surface area contributed by atoms with E-state index in [4.69, 9.17) is 0 Å². The molecule has 4 amide bonds. The molecule has 0 radical (unpaired) electrons. The molecule has 48 heavy (non-hydrogen) atoms. The van der Waals surface area contributed by atoms with E-state index >= 15 is 4.79 Å². The Balaban J connectivity index is 1.30. The van der Waals surface area contributed by atoms with Crippen molar-refractivity contribution < 1.29 is 24.3 Å². The van der Waals surface area contributed by atoms with E-state index in [2.05, 4.69) is 21.4 Å². The summed E-state index contributed by atoms with van der Waals surface area (Å²) in [5.41, 5.74) is 6.24. The SMILES string of the molecule is Cc1ccc(NN2C(=O)[C@@H]3C[C@@H]4C(=CC[C@@H]5C(=O)N(c6ccc(Br)cc6)C(=O)[C@@H]54)[C@H](c4ccc(O)cc4)[C@]3(c3ccccc3)C2=O)cc1. The second-order valence-electron chi connectivity index (χ2n) is 13.2. The lowest BCUT2D eigenvalue weighted by atomic mass is 9.49. The van der Waals surface area contributed by atoms with Gasteiger partial charge in [0, 0.05) is 10.4 Å². The molecule has 4 aromatic carbocycles. The molecule has 9 heteroatoms. The number of nitrogens with zero attached hydrogens (tertiary/aromatic N) is 2. The van der Waals surface area contributed by atoms with Crippen LogP contribution in [0, 0.1) is 30.6 Å². The van der Waals surface area contributed by atoms with Crippen molar-refractivity contribution >= 4 is 50.9 Å². The highest BCUT2D eigenvalue weighted by Crippen LogP contribution is 2.64. The van der Waals surface area contributed by atoms with Crippen molar-refractivity contribution in [2.24, 2.45) is 23.7 Å². The van der Waals surface area contributed by atoms with E-state index < -0.39 is 35.0 Å². The number of aromatic hydroxyl groups is 1. The van der Waals surface area contributed by atoms with Crippen LogP contribution in [0.2, 0.25) is 0 Å². The zero-order chi connectivity index (χ0) is 33.3. The van der Waals surface area contributed by atoms with Crippen LogP contribution in [0.15, 0.2) is 119 Å². The van der Waals surface area contributed by atoms with Gasteiger partial charge in [-0.1, -0.05) is 87.7 Å². The van der Waals surface area contributed by atoms with E-state index in [0.29, 0.717) is 23.4 Å². The normalized spacial score (nSPS) is 27.8. The van der Waals surface area contributed by atoms with Crippen LogP contribution in [-0.2, 0) is 24.6 Å². The number of rotatable bonds is 5. The number of allylic oxidation sites excluding steroid dienone is 2. The molecule has 2 aliphatic heterocycles. The largest absolute Gasteiger partial charge is 0.508 e. The first kappa shape index (κ1) is 30.3. The maximum atomic E-state index is 15.1. The average molecular weight is 703 g/mol. The topological polar surface area (TPSA) is 107 Å². The molecule has 0 aromatic heterocycles. The first-order valence-corrected chi connectivity index (χ1v) is 16.9. The molecule has 2 saturated heterocycles. The highest BCUT2D eigenvalue weighted by atomic mass is 79.9. The first-order chi connectivity index (χ1) is 23.2. The Hall–Kier alpha value is -5.02. The van der Waals surface area contributed by atoms with E-state index in [9.17, 15) is 19.5 Å². The quantitative estimate of drug-likeness (QED) is 0.178. The van der Waals surface area contributed by atoms with Crippen molar-refractivity contribution in [3.8, 4) is 5.75 Å². The van der Waals surface area contributed by atoms with E-state index in [0.717, 1.165) is 26.2 Å². The number of amides is 4. The van der Waals surface area contributed by atoms with Crippen molar-refractivity contribution in [3.63, 3.8) is 0 Å². The molecule has 240 valence electrons. The summed E-state index contributed by atoms with van der Waals surface area (Å²) >= 11 is 3.43. The van der Waals surface area contributed by atoms with Gasteiger partial charge in [0.2, 0.25) is 11.8 Å². The number of phenolic OH excluding ortho intramolecular Hbond substituents is 1.